The molecule has 0 radical (unpaired) electrons. The Labute approximate surface area is 479 Å². The number of hydrogen-bond acceptors (Lipinski definition) is 20. The number of hydrogen-bond donors (Lipinski definition) is 9. The summed E-state index contributed by atoms with van der Waals surface area (Å²) < 4.78 is 69.3. The van der Waals surface area contributed by atoms with Gasteiger partial charge >= 0.3 is 25.8 Å². The van der Waals surface area contributed by atoms with E-state index in [1.807, 2.05) is 0 Å². The largest absolute Gasteiger partial charge is 0.474 e. The van der Waals surface area contributed by atoms with Gasteiger partial charge in [-0.1, -0.05) is 68.7 Å². The average Bonchev–Trinajstić information content (AvgIpc) is 3.09. The van der Waals surface area contributed by atoms with Crippen molar-refractivity contribution in [3.8, 4) is 5.88 Å². The second kappa shape index (κ2) is 26.0. The van der Waals surface area contributed by atoms with Crippen LogP contribution in [0.15, 0.2) is 78.2 Å². The number of aromatic amines is 1. The van der Waals surface area contributed by atoms with Crippen molar-refractivity contribution in [2.24, 2.45) is 11.8 Å². The van der Waals surface area contributed by atoms with Gasteiger partial charge in [-0.3, -0.25) is 47.6 Å². The van der Waals surface area contributed by atoms with E-state index in [2.05, 4.69) is 70.7 Å². The van der Waals surface area contributed by atoms with E-state index in [0.29, 0.717) is 16.8 Å². The molecule has 28 nitrogen and oxygen atoms in total. The SMILES string of the molecule is CC(NC(=O)C(NC(=O)OC(C)(C)C)C(C)C)C(=O)Nc1ccc(CN(CCc2ccccc2C(=O)Nc2nc3c(ncn3[C@@H]3O[C@@H]4CO[P@@](=O)(S)O[C@H]5C[C@H](Oc6ccncn6)C[C@@H]5CO[P@@](=O)(S)O[C@@H]3[C@@H]4O)c(=O)[nH]2)C(=O)O)cc1. The zero-order valence-corrected chi connectivity index (χ0v) is 48.7. The number of fused-ring (bicyclic) bond motifs is 4. The number of rotatable bonds is 16. The fraction of sp³-hybridized carbons (Fsp3) is 0.480. The Kier molecular flexibility index (Phi) is 19.5. The number of alkyl carbamates (subject to hydrolysis) is 1. The van der Waals surface area contributed by atoms with Crippen molar-refractivity contribution in [1.82, 2.24) is 45.0 Å². The van der Waals surface area contributed by atoms with E-state index in [1.54, 1.807) is 83.1 Å². The third-order valence-electron chi connectivity index (χ3n) is 13.2. The summed E-state index contributed by atoms with van der Waals surface area (Å²) in [4.78, 5) is 98.8. The first-order valence-electron chi connectivity index (χ1n) is 25.8. The molecule has 0 spiro atoms. The second-order valence-electron chi connectivity index (χ2n) is 20.9. The smallest absolute Gasteiger partial charge is 0.408 e. The van der Waals surface area contributed by atoms with E-state index in [0.717, 1.165) is 11.2 Å². The maximum atomic E-state index is 14.0. The zero-order chi connectivity index (χ0) is 59.3. The fourth-order valence-electron chi connectivity index (χ4n) is 9.20. The van der Waals surface area contributed by atoms with E-state index in [1.165, 1.54) is 30.1 Å². The summed E-state index contributed by atoms with van der Waals surface area (Å²) in [6.45, 7) is 0.475. The van der Waals surface area contributed by atoms with Crippen LogP contribution in [-0.2, 0) is 59.3 Å². The van der Waals surface area contributed by atoms with Crippen LogP contribution in [0.25, 0.3) is 11.2 Å². The average molecular weight is 1220 g/mol. The van der Waals surface area contributed by atoms with Crippen molar-refractivity contribution in [3.63, 3.8) is 0 Å². The summed E-state index contributed by atoms with van der Waals surface area (Å²) in [5.41, 5.74) is -0.504. The maximum absolute atomic E-state index is 14.0. The molecule has 1 saturated carbocycles. The van der Waals surface area contributed by atoms with Gasteiger partial charge in [0.05, 0.1) is 25.6 Å². The summed E-state index contributed by atoms with van der Waals surface area (Å²) in [5, 5.41) is 32.2. The number of benzene rings is 2. The predicted octanol–water partition coefficient (Wildman–Crippen LogP) is 5.89. The molecule has 3 aliphatic rings. The Bertz CT molecular complexity index is 3300. The molecule has 442 valence electrons. The summed E-state index contributed by atoms with van der Waals surface area (Å²) in [6, 6.07) is 12.4. The highest BCUT2D eigenvalue weighted by Crippen LogP contribution is 2.60. The first kappa shape index (κ1) is 61.6. The number of H-pyrrole nitrogens is 1. The molecule has 3 fully saturated rings. The van der Waals surface area contributed by atoms with Gasteiger partial charge in [0.25, 0.3) is 11.5 Å². The first-order chi connectivity index (χ1) is 38.7. The molecule has 1 aliphatic carbocycles. The van der Waals surface area contributed by atoms with Crippen LogP contribution in [0.2, 0.25) is 0 Å². The molecule has 2 aromatic carbocycles. The molecule has 3 aromatic heterocycles. The molecular formula is C50H63N11O17P2S2. The molecule has 2 saturated heterocycles. The number of imidazole rings is 1. The number of nitrogens with zero attached hydrogens (tertiary/aromatic N) is 6. The Hall–Kier alpha value is -6.46. The van der Waals surface area contributed by atoms with E-state index < -0.39 is 116 Å². The van der Waals surface area contributed by atoms with Crippen molar-refractivity contribution in [2.45, 2.75) is 122 Å². The van der Waals surface area contributed by atoms with E-state index in [4.69, 9.17) is 32.3 Å². The minimum Gasteiger partial charge on any atom is -0.474 e. The predicted molar refractivity (Wildman–Crippen MR) is 299 cm³/mol. The quantitative estimate of drug-likeness (QED) is 0.0411. The van der Waals surface area contributed by atoms with Crippen molar-refractivity contribution in [1.29, 1.82) is 0 Å². The number of anilines is 2. The van der Waals surface area contributed by atoms with Crippen LogP contribution in [0.5, 0.6) is 5.88 Å². The van der Waals surface area contributed by atoms with Crippen LogP contribution in [0.1, 0.15) is 82.1 Å². The van der Waals surface area contributed by atoms with E-state index >= 15 is 0 Å². The topological polar surface area (TPSA) is 365 Å². The number of aliphatic hydroxyl groups is 1. The third kappa shape index (κ3) is 16.0. The Morgan fingerprint density at radius 2 is 1.63 bits per heavy atom. The highest BCUT2D eigenvalue weighted by molar-refractivity contribution is 8.44. The number of carbonyl (C=O) groups is 5. The summed E-state index contributed by atoms with van der Waals surface area (Å²) in [6.07, 6.45) is -4.84. The normalized spacial score (nSPS) is 25.5. The third-order valence-corrected chi connectivity index (χ3v) is 16.5. The van der Waals surface area contributed by atoms with E-state index in [-0.39, 0.29) is 73.4 Å². The van der Waals surface area contributed by atoms with Gasteiger partial charge in [-0.25, -0.2) is 33.7 Å². The number of nitrogens with one attached hydrogen (secondary N) is 5. The standard InChI is InChI=1S/C50H63N11O17P2S2/c1-26(2)37(56-48(67)76-50(4,5)6)44(65)54-27(3)42(63)55-31-13-11-28(12-14-31)21-60(49(68)69)18-16-29-9-7-8-10-33(29)43(64)58-47-57-41-38(45(66)59-47)53-25-61(41)46-40-39(62)35(75-46)23-73-79(70,81)77-34-20-32(74-36-15-17-51-24-52-36)19-30(34)22-72-80(71,82)78-40/h7-15,17,24-27,30,32,34-35,37,39-40,46,62H,16,18-23H2,1-6H3,(H,54,65)(H,55,63)(H,56,67)(H,68,69)(H,70,81)(H,71,82)(H2,57,58,59,64,66)/t27?,30-,32-,34+,35-,37?,39-,40-,46-,79-,80-/m1/s1. The number of amides is 5. The lowest BCUT2D eigenvalue weighted by Crippen LogP contribution is -2.54. The zero-order valence-electron chi connectivity index (χ0n) is 45.1. The highest BCUT2D eigenvalue weighted by atomic mass is 32.7. The summed E-state index contributed by atoms with van der Waals surface area (Å²) in [7, 11) is 0. The number of ether oxygens (including phenoxy) is 3. The van der Waals surface area contributed by atoms with Gasteiger partial charge in [-0.05, 0) is 75.8 Å². The van der Waals surface area contributed by atoms with Gasteiger partial charge in [0.15, 0.2) is 17.4 Å². The van der Waals surface area contributed by atoms with Gasteiger partial charge in [-0.15, -0.1) is 0 Å². The molecule has 82 heavy (non-hydrogen) atoms. The van der Waals surface area contributed by atoms with Gasteiger partial charge < -0.3 is 49.8 Å². The fourth-order valence-corrected chi connectivity index (χ4v) is 12.3. The summed E-state index contributed by atoms with van der Waals surface area (Å²) in [5.74, 6) is -2.82. The lowest BCUT2D eigenvalue weighted by atomic mass is 10.0. The van der Waals surface area contributed by atoms with Gasteiger partial charge in [0.2, 0.25) is 23.6 Å². The van der Waals surface area contributed by atoms with Crippen LogP contribution in [0, 0.1) is 11.8 Å². The first-order valence-corrected chi connectivity index (χ1v) is 31.2. The monoisotopic (exact) mass is 1220 g/mol. The number of thiol groups is 2. The lowest BCUT2D eigenvalue weighted by molar-refractivity contribution is -0.128. The maximum Gasteiger partial charge on any atom is 0.408 e. The number of aliphatic hydroxyl groups excluding tert-OH is 1. The van der Waals surface area contributed by atoms with Crippen LogP contribution < -0.4 is 31.6 Å². The molecule has 5 amide bonds. The molecule has 7 N–H and O–H groups in total. The molecule has 2 unspecified atom stereocenters. The van der Waals surface area contributed by atoms with Gasteiger partial charge in [-0.2, -0.15) is 4.98 Å². The minimum atomic E-state index is -4.38. The van der Waals surface area contributed by atoms with Crippen molar-refractivity contribution < 1.29 is 75.6 Å². The van der Waals surface area contributed by atoms with Crippen molar-refractivity contribution >= 4 is 90.8 Å². The lowest BCUT2D eigenvalue weighted by Gasteiger charge is -2.26. The van der Waals surface area contributed by atoms with Crippen molar-refractivity contribution in [2.75, 3.05) is 30.4 Å². The second-order valence-corrected chi connectivity index (χ2v) is 26.7. The van der Waals surface area contributed by atoms with Crippen LogP contribution >= 0.6 is 38.1 Å². The molecule has 8 rings (SSSR count). The Morgan fingerprint density at radius 3 is 2.33 bits per heavy atom. The Morgan fingerprint density at radius 1 is 0.915 bits per heavy atom. The molecule has 5 aromatic rings. The molecular weight excluding hydrogens is 1150 g/mol. The van der Waals surface area contributed by atoms with Crippen molar-refractivity contribution in [3.05, 3.63) is 100 Å². The number of aromatic nitrogens is 6. The molecule has 5 heterocycles. The van der Waals surface area contributed by atoms with Crippen LogP contribution in [0.4, 0.5) is 21.2 Å². The Balaban J connectivity index is 0.903. The number of carbonyl (C=O) groups excluding carboxylic acids is 4. The number of carboxylic acid groups (broad SMARTS) is 1. The van der Waals surface area contributed by atoms with Gasteiger partial charge in [0, 0.05) is 48.9 Å². The van der Waals surface area contributed by atoms with Crippen LogP contribution in [-0.4, -0.2) is 142 Å². The molecule has 2 aliphatic heterocycles. The minimum absolute atomic E-state index is 0.0652. The molecule has 2 bridgehead atoms. The molecule has 32 heteroatoms. The van der Waals surface area contributed by atoms with Gasteiger partial charge in [0.1, 0.15) is 48.4 Å². The van der Waals surface area contributed by atoms with E-state index in [9.17, 15) is 48.1 Å². The van der Waals surface area contributed by atoms with Crippen LogP contribution in [0.3, 0.4) is 0 Å². The molecule has 11 atom stereocenters. The highest BCUT2D eigenvalue weighted by Gasteiger charge is 2.51. The summed E-state index contributed by atoms with van der Waals surface area (Å²) >= 11 is 8.41.